The molecule has 1 aliphatic rings. The second kappa shape index (κ2) is 11.8. The quantitative estimate of drug-likeness (QED) is 0.512. The first-order chi connectivity index (χ1) is 16.2. The highest BCUT2D eigenvalue weighted by molar-refractivity contribution is 5.91. The topological polar surface area (TPSA) is 58.0 Å². The third-order valence-electron chi connectivity index (χ3n) is 5.86. The summed E-state index contributed by atoms with van der Waals surface area (Å²) in [5, 5.41) is 2.97. The van der Waals surface area contributed by atoms with Crippen molar-refractivity contribution in [3.63, 3.8) is 0 Å². The van der Waals surface area contributed by atoms with Crippen molar-refractivity contribution in [2.24, 2.45) is 0 Å². The number of furan rings is 1. The van der Waals surface area contributed by atoms with E-state index in [0.29, 0.717) is 18.8 Å². The molecule has 1 aromatic heterocycles. The molecule has 3 aromatic rings. The lowest BCUT2D eigenvalue weighted by molar-refractivity contribution is 0.0382. The van der Waals surface area contributed by atoms with Gasteiger partial charge in [-0.2, -0.15) is 0 Å². The van der Waals surface area contributed by atoms with Gasteiger partial charge in [-0.05, 0) is 30.2 Å². The monoisotopic (exact) mass is 447 g/mol. The number of amides is 1. The summed E-state index contributed by atoms with van der Waals surface area (Å²) >= 11 is 0. The van der Waals surface area contributed by atoms with Gasteiger partial charge in [0.15, 0.2) is 5.76 Å². The molecule has 4 rings (SSSR count). The SMILES string of the molecule is Cc1ccc(CN(Cc2ccccc2)Cc2ccc(C(=O)NCCN3CCOCC3)o2)cc1. The number of rotatable bonds is 10. The summed E-state index contributed by atoms with van der Waals surface area (Å²) in [6.45, 7) is 9.11. The van der Waals surface area contributed by atoms with E-state index in [0.717, 1.165) is 51.7 Å². The molecule has 2 heterocycles. The number of carbonyl (C=O) groups excluding carboxylic acids is 1. The average molecular weight is 448 g/mol. The van der Waals surface area contributed by atoms with Crippen LogP contribution in [-0.4, -0.2) is 55.1 Å². The fourth-order valence-electron chi connectivity index (χ4n) is 4.01. The maximum atomic E-state index is 12.5. The van der Waals surface area contributed by atoms with Crippen molar-refractivity contribution in [1.29, 1.82) is 0 Å². The van der Waals surface area contributed by atoms with Gasteiger partial charge >= 0.3 is 0 Å². The van der Waals surface area contributed by atoms with E-state index in [1.165, 1.54) is 16.7 Å². The first kappa shape index (κ1) is 23.2. The molecule has 1 amide bonds. The van der Waals surface area contributed by atoms with Crippen LogP contribution in [0.4, 0.5) is 0 Å². The van der Waals surface area contributed by atoms with Crippen molar-refractivity contribution < 1.29 is 13.9 Å². The molecule has 0 bridgehead atoms. The van der Waals surface area contributed by atoms with Gasteiger partial charge in [-0.3, -0.25) is 14.6 Å². The lowest BCUT2D eigenvalue weighted by Crippen LogP contribution is -2.41. The van der Waals surface area contributed by atoms with Crippen LogP contribution in [0.2, 0.25) is 0 Å². The predicted octanol–water partition coefficient (Wildman–Crippen LogP) is 3.85. The Hall–Kier alpha value is -2.93. The average Bonchev–Trinajstić information content (AvgIpc) is 3.30. The van der Waals surface area contributed by atoms with Crippen LogP contribution in [0.5, 0.6) is 0 Å². The largest absolute Gasteiger partial charge is 0.455 e. The molecule has 1 saturated heterocycles. The van der Waals surface area contributed by atoms with Crippen molar-refractivity contribution in [3.05, 3.63) is 94.9 Å². The first-order valence-electron chi connectivity index (χ1n) is 11.6. The van der Waals surface area contributed by atoms with Crippen LogP contribution >= 0.6 is 0 Å². The number of benzene rings is 2. The van der Waals surface area contributed by atoms with E-state index in [9.17, 15) is 4.79 Å². The molecule has 0 saturated carbocycles. The molecule has 6 nitrogen and oxygen atoms in total. The minimum atomic E-state index is -0.164. The molecule has 1 fully saturated rings. The number of morpholine rings is 1. The zero-order chi connectivity index (χ0) is 22.9. The van der Waals surface area contributed by atoms with Crippen molar-refractivity contribution in [2.75, 3.05) is 39.4 Å². The van der Waals surface area contributed by atoms with Gasteiger partial charge in [-0.15, -0.1) is 0 Å². The maximum Gasteiger partial charge on any atom is 0.287 e. The fraction of sp³-hybridized carbons (Fsp3) is 0.370. The molecular weight excluding hydrogens is 414 g/mol. The van der Waals surface area contributed by atoms with E-state index < -0.39 is 0 Å². The predicted molar refractivity (Wildman–Crippen MR) is 129 cm³/mol. The van der Waals surface area contributed by atoms with Gasteiger partial charge in [-0.25, -0.2) is 0 Å². The third-order valence-corrected chi connectivity index (χ3v) is 5.86. The first-order valence-corrected chi connectivity index (χ1v) is 11.6. The zero-order valence-electron chi connectivity index (χ0n) is 19.3. The number of ether oxygens (including phenoxy) is 1. The van der Waals surface area contributed by atoms with Crippen molar-refractivity contribution in [3.8, 4) is 0 Å². The Labute approximate surface area is 196 Å². The molecule has 0 unspecified atom stereocenters. The van der Waals surface area contributed by atoms with Crippen molar-refractivity contribution >= 4 is 5.91 Å². The molecule has 33 heavy (non-hydrogen) atoms. The summed E-state index contributed by atoms with van der Waals surface area (Å²) < 4.78 is 11.3. The summed E-state index contributed by atoms with van der Waals surface area (Å²) in [4.78, 5) is 17.2. The lowest BCUT2D eigenvalue weighted by Gasteiger charge is -2.26. The van der Waals surface area contributed by atoms with Crippen LogP contribution in [0.15, 0.2) is 71.1 Å². The second-order valence-electron chi connectivity index (χ2n) is 8.59. The Bertz CT molecular complexity index is 995. The number of hydrogen-bond acceptors (Lipinski definition) is 5. The van der Waals surface area contributed by atoms with Crippen LogP contribution in [0.1, 0.15) is 33.0 Å². The molecule has 174 valence electrons. The Morgan fingerprint density at radius 1 is 0.909 bits per heavy atom. The fourth-order valence-corrected chi connectivity index (χ4v) is 4.01. The van der Waals surface area contributed by atoms with Crippen LogP contribution in [0, 0.1) is 6.92 Å². The maximum absolute atomic E-state index is 12.5. The Morgan fingerprint density at radius 3 is 2.33 bits per heavy atom. The van der Waals surface area contributed by atoms with E-state index in [-0.39, 0.29) is 5.91 Å². The van der Waals surface area contributed by atoms with Gasteiger partial charge in [0.25, 0.3) is 5.91 Å². The molecule has 6 heteroatoms. The van der Waals surface area contributed by atoms with E-state index >= 15 is 0 Å². The van der Waals surface area contributed by atoms with Gasteiger partial charge in [0.05, 0.1) is 19.8 Å². The lowest BCUT2D eigenvalue weighted by atomic mass is 10.1. The number of hydrogen-bond donors (Lipinski definition) is 1. The van der Waals surface area contributed by atoms with Crippen LogP contribution < -0.4 is 5.32 Å². The second-order valence-corrected chi connectivity index (χ2v) is 8.59. The van der Waals surface area contributed by atoms with Crippen LogP contribution in [-0.2, 0) is 24.4 Å². The van der Waals surface area contributed by atoms with Crippen LogP contribution in [0.3, 0.4) is 0 Å². The number of aryl methyl sites for hydroxylation is 1. The highest BCUT2D eigenvalue weighted by Gasteiger charge is 2.16. The zero-order valence-corrected chi connectivity index (χ0v) is 19.3. The standard InChI is InChI=1S/C27H33N3O3/c1-22-7-9-24(10-8-22)20-30(19-23-5-3-2-4-6-23)21-25-11-12-26(33-25)27(31)28-13-14-29-15-17-32-18-16-29/h2-12H,13-21H2,1H3,(H,28,31). The molecule has 2 aromatic carbocycles. The normalized spacial score (nSPS) is 14.5. The van der Waals surface area contributed by atoms with E-state index in [4.69, 9.17) is 9.15 Å². The summed E-state index contributed by atoms with van der Waals surface area (Å²) in [5.41, 5.74) is 3.75. The summed E-state index contributed by atoms with van der Waals surface area (Å²) in [6, 6.07) is 22.7. The Kier molecular flexibility index (Phi) is 8.30. The summed E-state index contributed by atoms with van der Waals surface area (Å²) in [5.74, 6) is 0.987. The molecule has 1 aliphatic heterocycles. The highest BCUT2D eigenvalue weighted by atomic mass is 16.5. The minimum absolute atomic E-state index is 0.164. The van der Waals surface area contributed by atoms with Gasteiger partial charge < -0.3 is 14.5 Å². The summed E-state index contributed by atoms with van der Waals surface area (Å²) in [7, 11) is 0. The van der Waals surface area contributed by atoms with E-state index in [1.807, 2.05) is 12.1 Å². The Morgan fingerprint density at radius 2 is 1.61 bits per heavy atom. The van der Waals surface area contributed by atoms with Gasteiger partial charge in [0.2, 0.25) is 0 Å². The molecule has 0 spiro atoms. The smallest absolute Gasteiger partial charge is 0.287 e. The summed E-state index contributed by atoms with van der Waals surface area (Å²) in [6.07, 6.45) is 0. The number of carbonyl (C=O) groups is 1. The molecule has 0 radical (unpaired) electrons. The molecule has 1 N–H and O–H groups in total. The van der Waals surface area contributed by atoms with Crippen molar-refractivity contribution in [2.45, 2.75) is 26.6 Å². The number of nitrogens with zero attached hydrogens (tertiary/aromatic N) is 2. The van der Waals surface area contributed by atoms with Crippen molar-refractivity contribution in [1.82, 2.24) is 15.1 Å². The van der Waals surface area contributed by atoms with Gasteiger partial charge in [0, 0.05) is 39.3 Å². The highest BCUT2D eigenvalue weighted by Crippen LogP contribution is 2.17. The van der Waals surface area contributed by atoms with E-state index in [1.54, 1.807) is 6.07 Å². The number of nitrogens with one attached hydrogen (secondary N) is 1. The minimum Gasteiger partial charge on any atom is -0.455 e. The molecule has 0 atom stereocenters. The van der Waals surface area contributed by atoms with Gasteiger partial charge in [-0.1, -0.05) is 60.2 Å². The van der Waals surface area contributed by atoms with Crippen LogP contribution in [0.25, 0.3) is 0 Å². The third kappa shape index (κ3) is 7.29. The Balaban J connectivity index is 1.35. The molecule has 0 aliphatic carbocycles. The van der Waals surface area contributed by atoms with E-state index in [2.05, 4.69) is 70.6 Å². The van der Waals surface area contributed by atoms with Gasteiger partial charge in [0.1, 0.15) is 5.76 Å². The molecular formula is C27H33N3O3.